The first-order valence-corrected chi connectivity index (χ1v) is 6.30. The highest BCUT2D eigenvalue weighted by Gasteiger charge is 2.28. The SMILES string of the molecule is CCC1CCCC(NC(=O)C2CNC2)C1.Cl. The van der Waals surface area contributed by atoms with Crippen LogP contribution >= 0.6 is 12.4 Å². The van der Waals surface area contributed by atoms with Crippen LogP contribution in [0.5, 0.6) is 0 Å². The average molecular weight is 247 g/mol. The Kier molecular flexibility index (Phi) is 5.56. The lowest BCUT2D eigenvalue weighted by Gasteiger charge is -2.32. The fourth-order valence-corrected chi connectivity index (χ4v) is 2.59. The lowest BCUT2D eigenvalue weighted by Crippen LogP contribution is -2.53. The normalized spacial score (nSPS) is 30.1. The van der Waals surface area contributed by atoms with Gasteiger partial charge in [0.05, 0.1) is 5.92 Å². The van der Waals surface area contributed by atoms with Gasteiger partial charge in [-0.15, -0.1) is 12.4 Å². The van der Waals surface area contributed by atoms with Crippen LogP contribution in [-0.2, 0) is 4.79 Å². The highest BCUT2D eigenvalue weighted by Crippen LogP contribution is 2.26. The molecular weight excluding hydrogens is 224 g/mol. The van der Waals surface area contributed by atoms with Gasteiger partial charge < -0.3 is 10.6 Å². The maximum Gasteiger partial charge on any atom is 0.225 e. The molecule has 0 aromatic rings. The highest BCUT2D eigenvalue weighted by atomic mass is 35.5. The molecule has 0 spiro atoms. The van der Waals surface area contributed by atoms with E-state index in [9.17, 15) is 4.79 Å². The molecule has 0 aromatic heterocycles. The summed E-state index contributed by atoms with van der Waals surface area (Å²) in [6.45, 7) is 4.00. The first-order valence-electron chi connectivity index (χ1n) is 6.30. The van der Waals surface area contributed by atoms with Gasteiger partial charge in [-0.1, -0.05) is 26.2 Å². The molecule has 2 atom stereocenters. The Morgan fingerprint density at radius 3 is 2.69 bits per heavy atom. The Morgan fingerprint density at radius 1 is 1.38 bits per heavy atom. The minimum Gasteiger partial charge on any atom is -0.353 e. The Hall–Kier alpha value is -0.280. The molecule has 1 heterocycles. The van der Waals surface area contributed by atoms with Crippen molar-refractivity contribution in [3.8, 4) is 0 Å². The van der Waals surface area contributed by atoms with Crippen LogP contribution < -0.4 is 10.6 Å². The van der Waals surface area contributed by atoms with E-state index in [1.54, 1.807) is 0 Å². The van der Waals surface area contributed by atoms with E-state index in [0.717, 1.165) is 19.0 Å². The minimum absolute atomic E-state index is 0. The number of carbonyl (C=O) groups is 1. The van der Waals surface area contributed by atoms with Gasteiger partial charge in [-0.05, 0) is 18.8 Å². The first kappa shape index (κ1) is 13.8. The fourth-order valence-electron chi connectivity index (χ4n) is 2.59. The second-order valence-electron chi connectivity index (χ2n) is 5.00. The Bertz CT molecular complexity index is 231. The standard InChI is InChI=1S/C12H22N2O.ClH/c1-2-9-4-3-5-11(6-9)14-12(15)10-7-13-8-10;/h9-11,13H,2-8H2,1H3,(H,14,15);1H. The van der Waals surface area contributed by atoms with Crippen molar-refractivity contribution in [3.63, 3.8) is 0 Å². The molecule has 2 unspecified atom stereocenters. The number of carbonyl (C=O) groups excluding carboxylic acids is 1. The minimum atomic E-state index is 0. The number of halogens is 1. The molecule has 0 bridgehead atoms. The molecule has 1 aliphatic heterocycles. The van der Waals surface area contributed by atoms with E-state index in [1.807, 2.05) is 0 Å². The summed E-state index contributed by atoms with van der Waals surface area (Å²) in [5.41, 5.74) is 0. The van der Waals surface area contributed by atoms with Crippen LogP contribution in [0.3, 0.4) is 0 Å². The molecule has 94 valence electrons. The van der Waals surface area contributed by atoms with E-state index in [2.05, 4.69) is 17.6 Å². The Morgan fingerprint density at radius 2 is 2.12 bits per heavy atom. The third kappa shape index (κ3) is 3.36. The molecule has 2 rings (SSSR count). The maximum absolute atomic E-state index is 11.7. The lowest BCUT2D eigenvalue weighted by molar-refractivity contribution is -0.127. The predicted molar refractivity (Wildman–Crippen MR) is 67.8 cm³/mol. The van der Waals surface area contributed by atoms with Gasteiger partial charge in [0.2, 0.25) is 5.91 Å². The molecule has 4 heteroatoms. The van der Waals surface area contributed by atoms with Crippen LogP contribution in [0, 0.1) is 11.8 Å². The number of hydrogen-bond donors (Lipinski definition) is 2. The largest absolute Gasteiger partial charge is 0.353 e. The summed E-state index contributed by atoms with van der Waals surface area (Å²) in [7, 11) is 0. The number of nitrogens with one attached hydrogen (secondary N) is 2. The zero-order valence-electron chi connectivity index (χ0n) is 10.00. The molecule has 2 aliphatic rings. The van der Waals surface area contributed by atoms with Crippen LogP contribution in [0.25, 0.3) is 0 Å². The zero-order chi connectivity index (χ0) is 10.7. The smallest absolute Gasteiger partial charge is 0.225 e. The quantitative estimate of drug-likeness (QED) is 0.796. The van der Waals surface area contributed by atoms with E-state index in [-0.39, 0.29) is 24.2 Å². The lowest BCUT2D eigenvalue weighted by atomic mass is 9.84. The zero-order valence-corrected chi connectivity index (χ0v) is 10.8. The van der Waals surface area contributed by atoms with Crippen molar-refractivity contribution in [2.24, 2.45) is 11.8 Å². The second kappa shape index (κ2) is 6.45. The van der Waals surface area contributed by atoms with Crippen molar-refractivity contribution in [1.29, 1.82) is 0 Å². The Labute approximate surface area is 104 Å². The molecule has 1 aliphatic carbocycles. The van der Waals surface area contributed by atoms with Gasteiger partial charge in [-0.25, -0.2) is 0 Å². The van der Waals surface area contributed by atoms with Gasteiger partial charge in [0.15, 0.2) is 0 Å². The summed E-state index contributed by atoms with van der Waals surface area (Å²) >= 11 is 0. The topological polar surface area (TPSA) is 41.1 Å². The molecular formula is C12H23ClN2O. The number of amides is 1. The van der Waals surface area contributed by atoms with Crippen molar-refractivity contribution in [2.75, 3.05) is 13.1 Å². The highest BCUT2D eigenvalue weighted by molar-refractivity contribution is 5.85. The number of rotatable bonds is 3. The molecule has 0 radical (unpaired) electrons. The molecule has 1 saturated heterocycles. The maximum atomic E-state index is 11.7. The molecule has 3 nitrogen and oxygen atoms in total. The van der Waals surface area contributed by atoms with E-state index in [4.69, 9.17) is 0 Å². The molecule has 1 saturated carbocycles. The van der Waals surface area contributed by atoms with E-state index < -0.39 is 0 Å². The summed E-state index contributed by atoms with van der Waals surface area (Å²) in [5.74, 6) is 1.35. The van der Waals surface area contributed by atoms with E-state index in [0.29, 0.717) is 6.04 Å². The van der Waals surface area contributed by atoms with Crippen LogP contribution in [-0.4, -0.2) is 25.0 Å². The van der Waals surface area contributed by atoms with Crippen molar-refractivity contribution < 1.29 is 4.79 Å². The molecule has 0 aromatic carbocycles. The van der Waals surface area contributed by atoms with Crippen LogP contribution in [0.1, 0.15) is 39.0 Å². The van der Waals surface area contributed by atoms with Crippen molar-refractivity contribution in [2.45, 2.75) is 45.1 Å². The third-order valence-electron chi connectivity index (χ3n) is 3.86. The number of hydrogen-bond acceptors (Lipinski definition) is 2. The van der Waals surface area contributed by atoms with E-state index in [1.165, 1.54) is 32.1 Å². The van der Waals surface area contributed by atoms with Crippen molar-refractivity contribution in [3.05, 3.63) is 0 Å². The van der Waals surface area contributed by atoms with Gasteiger partial charge in [-0.3, -0.25) is 4.79 Å². The predicted octanol–water partition coefficient (Wildman–Crippen LogP) is 1.71. The fraction of sp³-hybridized carbons (Fsp3) is 0.917. The average Bonchev–Trinajstić information content (AvgIpc) is 2.15. The summed E-state index contributed by atoms with van der Waals surface area (Å²) in [6, 6.07) is 0.455. The Balaban J connectivity index is 0.00000128. The molecule has 1 amide bonds. The second-order valence-corrected chi connectivity index (χ2v) is 5.00. The van der Waals surface area contributed by atoms with Gasteiger partial charge in [0, 0.05) is 19.1 Å². The van der Waals surface area contributed by atoms with Gasteiger partial charge in [0.1, 0.15) is 0 Å². The van der Waals surface area contributed by atoms with Crippen molar-refractivity contribution >= 4 is 18.3 Å². The van der Waals surface area contributed by atoms with E-state index >= 15 is 0 Å². The van der Waals surface area contributed by atoms with Gasteiger partial charge in [0.25, 0.3) is 0 Å². The van der Waals surface area contributed by atoms with Crippen LogP contribution in [0.2, 0.25) is 0 Å². The summed E-state index contributed by atoms with van der Waals surface area (Å²) in [4.78, 5) is 11.7. The molecule has 2 fully saturated rings. The third-order valence-corrected chi connectivity index (χ3v) is 3.86. The van der Waals surface area contributed by atoms with Gasteiger partial charge >= 0.3 is 0 Å². The summed E-state index contributed by atoms with van der Waals surface area (Å²) in [5, 5.41) is 6.34. The van der Waals surface area contributed by atoms with Crippen LogP contribution in [0.4, 0.5) is 0 Å². The monoisotopic (exact) mass is 246 g/mol. The first-order chi connectivity index (χ1) is 7.29. The van der Waals surface area contributed by atoms with Gasteiger partial charge in [-0.2, -0.15) is 0 Å². The summed E-state index contributed by atoms with van der Waals surface area (Å²) in [6.07, 6.45) is 6.28. The van der Waals surface area contributed by atoms with Crippen LogP contribution in [0.15, 0.2) is 0 Å². The molecule has 2 N–H and O–H groups in total. The molecule has 16 heavy (non-hydrogen) atoms. The summed E-state index contributed by atoms with van der Waals surface area (Å²) < 4.78 is 0. The van der Waals surface area contributed by atoms with Crippen molar-refractivity contribution in [1.82, 2.24) is 10.6 Å².